The summed E-state index contributed by atoms with van der Waals surface area (Å²) in [6, 6.07) is 3.85. The standard InChI is InChI=1S/C12H14ClNO2/c1-12(3-2-4-14-12)8-5-10-11(6-9(8)13)16-7-15-10/h5-6,14H,2-4,7H2,1H3. The third-order valence-corrected chi connectivity index (χ3v) is 3.74. The molecule has 1 saturated heterocycles. The molecule has 0 radical (unpaired) electrons. The van der Waals surface area contributed by atoms with Gasteiger partial charge in [0, 0.05) is 16.6 Å². The smallest absolute Gasteiger partial charge is 0.231 e. The van der Waals surface area contributed by atoms with Gasteiger partial charge in [-0.25, -0.2) is 0 Å². The van der Waals surface area contributed by atoms with Gasteiger partial charge in [-0.2, -0.15) is 0 Å². The van der Waals surface area contributed by atoms with Crippen molar-refractivity contribution in [1.29, 1.82) is 0 Å². The van der Waals surface area contributed by atoms with Gasteiger partial charge in [-0.15, -0.1) is 0 Å². The monoisotopic (exact) mass is 239 g/mol. The van der Waals surface area contributed by atoms with Crippen LogP contribution in [-0.4, -0.2) is 13.3 Å². The largest absolute Gasteiger partial charge is 0.454 e. The summed E-state index contributed by atoms with van der Waals surface area (Å²) in [5.41, 5.74) is 1.08. The fourth-order valence-electron chi connectivity index (χ4n) is 2.46. The second kappa shape index (κ2) is 3.54. The summed E-state index contributed by atoms with van der Waals surface area (Å²) in [7, 11) is 0. The highest BCUT2D eigenvalue weighted by Crippen LogP contribution is 2.42. The molecule has 16 heavy (non-hydrogen) atoms. The number of nitrogens with one attached hydrogen (secondary N) is 1. The minimum atomic E-state index is -0.0297. The molecule has 2 heterocycles. The van der Waals surface area contributed by atoms with Gasteiger partial charge in [0.05, 0.1) is 0 Å². The SMILES string of the molecule is CC1(c2cc3c(cc2Cl)OCO3)CCCN1. The molecule has 4 heteroatoms. The predicted octanol–water partition coefficient (Wildman–Crippen LogP) is 2.67. The Labute approximate surface area is 99.7 Å². The van der Waals surface area contributed by atoms with Crippen molar-refractivity contribution >= 4 is 11.6 Å². The normalized spacial score (nSPS) is 27.4. The summed E-state index contributed by atoms with van der Waals surface area (Å²) in [4.78, 5) is 0. The van der Waals surface area contributed by atoms with E-state index < -0.39 is 0 Å². The lowest BCUT2D eigenvalue weighted by atomic mass is 9.90. The maximum Gasteiger partial charge on any atom is 0.231 e. The second-order valence-corrected chi connectivity index (χ2v) is 4.95. The molecule has 0 spiro atoms. The third kappa shape index (κ3) is 1.46. The Morgan fingerprint density at radius 3 is 2.75 bits per heavy atom. The number of halogens is 1. The molecular formula is C12H14ClNO2. The van der Waals surface area contributed by atoms with Gasteiger partial charge in [-0.05, 0) is 37.9 Å². The molecule has 3 nitrogen and oxygen atoms in total. The fourth-order valence-corrected chi connectivity index (χ4v) is 2.83. The van der Waals surface area contributed by atoms with E-state index in [0.29, 0.717) is 6.79 Å². The van der Waals surface area contributed by atoms with E-state index >= 15 is 0 Å². The topological polar surface area (TPSA) is 30.5 Å². The molecule has 0 saturated carbocycles. The quantitative estimate of drug-likeness (QED) is 0.817. The molecule has 1 unspecified atom stereocenters. The van der Waals surface area contributed by atoms with E-state index in [9.17, 15) is 0 Å². The van der Waals surface area contributed by atoms with Crippen LogP contribution in [0.5, 0.6) is 11.5 Å². The lowest BCUT2D eigenvalue weighted by Crippen LogP contribution is -2.33. The fraction of sp³-hybridized carbons (Fsp3) is 0.500. The van der Waals surface area contributed by atoms with Crippen LogP contribution in [0.4, 0.5) is 0 Å². The molecule has 1 fully saturated rings. The van der Waals surface area contributed by atoms with Gasteiger partial charge in [-0.1, -0.05) is 11.6 Å². The van der Waals surface area contributed by atoms with Gasteiger partial charge in [0.15, 0.2) is 11.5 Å². The number of fused-ring (bicyclic) bond motifs is 1. The van der Waals surface area contributed by atoms with E-state index in [1.807, 2.05) is 12.1 Å². The average Bonchev–Trinajstić information content (AvgIpc) is 2.85. The molecule has 1 aromatic rings. The summed E-state index contributed by atoms with van der Waals surface area (Å²) in [6.45, 7) is 3.52. The minimum absolute atomic E-state index is 0.0297. The molecule has 0 aliphatic carbocycles. The lowest BCUT2D eigenvalue weighted by Gasteiger charge is -2.26. The van der Waals surface area contributed by atoms with Crippen LogP contribution in [0.15, 0.2) is 12.1 Å². The molecule has 0 bridgehead atoms. The van der Waals surface area contributed by atoms with Crippen molar-refractivity contribution < 1.29 is 9.47 Å². The van der Waals surface area contributed by atoms with Gasteiger partial charge in [0.2, 0.25) is 6.79 Å². The Bertz CT molecular complexity index is 427. The first-order chi connectivity index (χ1) is 7.69. The van der Waals surface area contributed by atoms with E-state index in [-0.39, 0.29) is 5.54 Å². The molecule has 1 atom stereocenters. The first-order valence-corrected chi connectivity index (χ1v) is 5.91. The van der Waals surface area contributed by atoms with Gasteiger partial charge >= 0.3 is 0 Å². The van der Waals surface area contributed by atoms with Crippen molar-refractivity contribution in [1.82, 2.24) is 5.32 Å². The van der Waals surface area contributed by atoms with Crippen LogP contribution in [0.25, 0.3) is 0 Å². The lowest BCUT2D eigenvalue weighted by molar-refractivity contribution is 0.174. The van der Waals surface area contributed by atoms with E-state index in [4.69, 9.17) is 21.1 Å². The Morgan fingerprint density at radius 2 is 2.06 bits per heavy atom. The molecule has 1 aromatic carbocycles. The summed E-state index contributed by atoms with van der Waals surface area (Å²) in [5.74, 6) is 1.55. The highest BCUT2D eigenvalue weighted by molar-refractivity contribution is 6.31. The molecule has 2 aliphatic heterocycles. The highest BCUT2D eigenvalue weighted by Gasteiger charge is 2.33. The molecule has 86 valence electrons. The van der Waals surface area contributed by atoms with Gasteiger partial charge in [0.1, 0.15) is 0 Å². The number of benzene rings is 1. The summed E-state index contributed by atoms with van der Waals surface area (Å²) in [5, 5.41) is 4.25. The molecular weight excluding hydrogens is 226 g/mol. The Balaban J connectivity index is 2.07. The number of rotatable bonds is 1. The summed E-state index contributed by atoms with van der Waals surface area (Å²) >= 11 is 6.30. The Morgan fingerprint density at radius 1 is 1.31 bits per heavy atom. The number of hydrogen-bond acceptors (Lipinski definition) is 3. The van der Waals surface area contributed by atoms with E-state index in [0.717, 1.165) is 35.1 Å². The zero-order valence-corrected chi connectivity index (χ0v) is 9.93. The van der Waals surface area contributed by atoms with Crippen LogP contribution in [0.3, 0.4) is 0 Å². The average molecular weight is 240 g/mol. The van der Waals surface area contributed by atoms with E-state index in [2.05, 4.69) is 12.2 Å². The molecule has 0 aromatic heterocycles. The Hall–Kier alpha value is -0.930. The second-order valence-electron chi connectivity index (χ2n) is 4.55. The van der Waals surface area contributed by atoms with Crippen molar-refractivity contribution in [3.05, 3.63) is 22.7 Å². The van der Waals surface area contributed by atoms with Crippen LogP contribution in [0.1, 0.15) is 25.3 Å². The predicted molar refractivity (Wildman–Crippen MR) is 62.2 cm³/mol. The minimum Gasteiger partial charge on any atom is -0.454 e. The first kappa shape index (κ1) is 10.2. The third-order valence-electron chi connectivity index (χ3n) is 3.43. The molecule has 0 amide bonds. The number of ether oxygens (including phenoxy) is 2. The van der Waals surface area contributed by atoms with Crippen molar-refractivity contribution in [3.8, 4) is 11.5 Å². The van der Waals surface area contributed by atoms with Crippen molar-refractivity contribution in [2.75, 3.05) is 13.3 Å². The summed E-state index contributed by atoms with van der Waals surface area (Å²) < 4.78 is 10.7. The zero-order chi connectivity index (χ0) is 11.2. The molecule has 1 N–H and O–H groups in total. The van der Waals surface area contributed by atoms with Crippen LogP contribution in [-0.2, 0) is 5.54 Å². The van der Waals surface area contributed by atoms with Gasteiger partial charge in [-0.3, -0.25) is 0 Å². The van der Waals surface area contributed by atoms with E-state index in [1.54, 1.807) is 0 Å². The maximum absolute atomic E-state index is 6.30. The molecule has 2 aliphatic rings. The Kier molecular flexibility index (Phi) is 2.26. The highest BCUT2D eigenvalue weighted by atomic mass is 35.5. The zero-order valence-electron chi connectivity index (χ0n) is 9.18. The van der Waals surface area contributed by atoms with Crippen LogP contribution < -0.4 is 14.8 Å². The van der Waals surface area contributed by atoms with Crippen LogP contribution in [0, 0.1) is 0 Å². The van der Waals surface area contributed by atoms with Crippen LogP contribution >= 0.6 is 11.6 Å². The first-order valence-electron chi connectivity index (χ1n) is 5.54. The number of hydrogen-bond donors (Lipinski definition) is 1. The van der Waals surface area contributed by atoms with Gasteiger partial charge in [0.25, 0.3) is 0 Å². The van der Waals surface area contributed by atoms with Gasteiger partial charge < -0.3 is 14.8 Å². The van der Waals surface area contributed by atoms with E-state index in [1.165, 1.54) is 6.42 Å². The summed E-state index contributed by atoms with van der Waals surface area (Å²) in [6.07, 6.45) is 2.29. The van der Waals surface area contributed by atoms with Crippen molar-refractivity contribution in [3.63, 3.8) is 0 Å². The van der Waals surface area contributed by atoms with Crippen LogP contribution in [0.2, 0.25) is 5.02 Å². The molecule has 3 rings (SSSR count). The van der Waals surface area contributed by atoms with Crippen molar-refractivity contribution in [2.45, 2.75) is 25.3 Å². The van der Waals surface area contributed by atoms with Crippen molar-refractivity contribution in [2.24, 2.45) is 0 Å². The maximum atomic E-state index is 6.30.